The quantitative estimate of drug-likeness (QED) is 0.406. The molecule has 2 nitrogen and oxygen atoms in total. The minimum absolute atomic E-state index is 0.253. The standard InChI is InChI=1S/C7H12N2/c1-2-7(9)5-3-4-6-8/h1,3,5,7H,4,6,8-9H2/b5-3+. The van der Waals surface area contributed by atoms with Gasteiger partial charge < -0.3 is 11.5 Å². The molecule has 9 heavy (non-hydrogen) atoms. The first-order chi connectivity index (χ1) is 4.31. The first kappa shape index (κ1) is 8.22. The van der Waals surface area contributed by atoms with Crippen molar-refractivity contribution in [1.82, 2.24) is 0 Å². The summed E-state index contributed by atoms with van der Waals surface area (Å²) in [5, 5.41) is 0. The van der Waals surface area contributed by atoms with Crippen LogP contribution >= 0.6 is 0 Å². The van der Waals surface area contributed by atoms with Crippen LogP contribution in [0, 0.1) is 12.3 Å². The van der Waals surface area contributed by atoms with E-state index in [0.29, 0.717) is 6.54 Å². The van der Waals surface area contributed by atoms with Gasteiger partial charge in [-0.05, 0) is 13.0 Å². The van der Waals surface area contributed by atoms with Crippen LogP contribution < -0.4 is 11.5 Å². The normalized spacial score (nSPS) is 13.4. The second-order valence-electron chi connectivity index (χ2n) is 1.70. The largest absolute Gasteiger partial charge is 0.330 e. The molecule has 0 aromatic carbocycles. The van der Waals surface area contributed by atoms with Crippen LogP contribution in [-0.2, 0) is 0 Å². The fourth-order valence-electron chi connectivity index (χ4n) is 0.395. The highest BCUT2D eigenvalue weighted by Gasteiger charge is 1.84. The highest BCUT2D eigenvalue weighted by Crippen LogP contribution is 1.81. The summed E-state index contributed by atoms with van der Waals surface area (Å²) in [6.07, 6.45) is 9.50. The Morgan fingerprint density at radius 2 is 2.33 bits per heavy atom. The second-order valence-corrected chi connectivity index (χ2v) is 1.70. The van der Waals surface area contributed by atoms with Gasteiger partial charge in [-0.2, -0.15) is 0 Å². The molecule has 2 heteroatoms. The minimum atomic E-state index is -0.253. The summed E-state index contributed by atoms with van der Waals surface area (Å²) in [5.74, 6) is 2.37. The van der Waals surface area contributed by atoms with Gasteiger partial charge in [-0.15, -0.1) is 6.42 Å². The van der Waals surface area contributed by atoms with Crippen LogP contribution in [-0.4, -0.2) is 12.6 Å². The molecule has 0 aliphatic heterocycles. The van der Waals surface area contributed by atoms with E-state index < -0.39 is 0 Å². The molecule has 0 radical (unpaired) electrons. The molecular formula is C7H12N2. The van der Waals surface area contributed by atoms with Crippen molar-refractivity contribution in [2.75, 3.05) is 6.54 Å². The average Bonchev–Trinajstić information content (AvgIpc) is 1.89. The number of hydrogen-bond donors (Lipinski definition) is 2. The molecule has 0 saturated carbocycles. The number of rotatable bonds is 3. The maximum Gasteiger partial charge on any atom is 0.0848 e. The highest BCUT2D eigenvalue weighted by molar-refractivity contribution is 5.09. The van der Waals surface area contributed by atoms with Gasteiger partial charge in [0, 0.05) is 0 Å². The van der Waals surface area contributed by atoms with E-state index in [1.807, 2.05) is 6.08 Å². The Morgan fingerprint density at radius 1 is 1.67 bits per heavy atom. The van der Waals surface area contributed by atoms with E-state index in [1.165, 1.54) is 0 Å². The topological polar surface area (TPSA) is 52.0 Å². The van der Waals surface area contributed by atoms with Gasteiger partial charge in [0.25, 0.3) is 0 Å². The third-order valence-electron chi connectivity index (χ3n) is 0.869. The first-order valence-corrected chi connectivity index (χ1v) is 2.89. The van der Waals surface area contributed by atoms with Crippen LogP contribution in [0.1, 0.15) is 6.42 Å². The van der Waals surface area contributed by atoms with Crippen molar-refractivity contribution in [3.63, 3.8) is 0 Å². The lowest BCUT2D eigenvalue weighted by atomic mass is 10.3. The Bertz CT molecular complexity index is 121. The Labute approximate surface area is 55.9 Å². The van der Waals surface area contributed by atoms with Crippen LogP contribution in [0.4, 0.5) is 0 Å². The van der Waals surface area contributed by atoms with Gasteiger partial charge in [0.05, 0.1) is 6.04 Å². The van der Waals surface area contributed by atoms with E-state index in [4.69, 9.17) is 17.9 Å². The zero-order valence-corrected chi connectivity index (χ0v) is 5.38. The van der Waals surface area contributed by atoms with E-state index in [1.54, 1.807) is 6.08 Å². The maximum absolute atomic E-state index is 5.35. The molecule has 0 fully saturated rings. The zero-order valence-electron chi connectivity index (χ0n) is 5.38. The van der Waals surface area contributed by atoms with Crippen LogP contribution in [0.25, 0.3) is 0 Å². The molecule has 1 unspecified atom stereocenters. The Hall–Kier alpha value is -0.780. The van der Waals surface area contributed by atoms with Crippen molar-refractivity contribution in [2.24, 2.45) is 11.5 Å². The molecule has 1 atom stereocenters. The lowest BCUT2D eigenvalue weighted by Crippen LogP contribution is -2.13. The van der Waals surface area contributed by atoms with Crippen molar-refractivity contribution in [3.05, 3.63) is 12.2 Å². The third-order valence-corrected chi connectivity index (χ3v) is 0.869. The third kappa shape index (κ3) is 5.09. The lowest BCUT2D eigenvalue weighted by molar-refractivity contribution is 0.984. The molecule has 0 aliphatic carbocycles. The van der Waals surface area contributed by atoms with Crippen molar-refractivity contribution < 1.29 is 0 Å². The molecule has 0 rings (SSSR count). The van der Waals surface area contributed by atoms with Gasteiger partial charge in [0.2, 0.25) is 0 Å². The zero-order chi connectivity index (χ0) is 7.11. The minimum Gasteiger partial charge on any atom is -0.330 e. The summed E-state index contributed by atoms with van der Waals surface area (Å²) in [7, 11) is 0. The lowest BCUT2D eigenvalue weighted by Gasteiger charge is -1.91. The molecule has 50 valence electrons. The monoisotopic (exact) mass is 124 g/mol. The maximum atomic E-state index is 5.35. The summed E-state index contributed by atoms with van der Waals surface area (Å²) in [4.78, 5) is 0. The van der Waals surface area contributed by atoms with Gasteiger partial charge in [0.15, 0.2) is 0 Å². The summed E-state index contributed by atoms with van der Waals surface area (Å²) in [5.41, 5.74) is 10.6. The molecule has 0 amide bonds. The van der Waals surface area contributed by atoms with Crippen molar-refractivity contribution in [3.8, 4) is 12.3 Å². The van der Waals surface area contributed by atoms with Gasteiger partial charge in [-0.1, -0.05) is 18.1 Å². The molecule has 0 aromatic rings. The van der Waals surface area contributed by atoms with Crippen molar-refractivity contribution in [1.29, 1.82) is 0 Å². The molecule has 0 aliphatic rings. The van der Waals surface area contributed by atoms with E-state index in [0.717, 1.165) is 6.42 Å². The summed E-state index contributed by atoms with van der Waals surface area (Å²) < 4.78 is 0. The average molecular weight is 124 g/mol. The van der Waals surface area contributed by atoms with E-state index >= 15 is 0 Å². The fraction of sp³-hybridized carbons (Fsp3) is 0.429. The van der Waals surface area contributed by atoms with Gasteiger partial charge in [-0.25, -0.2) is 0 Å². The summed E-state index contributed by atoms with van der Waals surface area (Å²) >= 11 is 0. The predicted molar refractivity (Wildman–Crippen MR) is 39.6 cm³/mol. The Kier molecular flexibility index (Phi) is 4.89. The van der Waals surface area contributed by atoms with E-state index in [-0.39, 0.29) is 6.04 Å². The SMILES string of the molecule is C#CC(N)/C=C/CCN. The summed E-state index contributed by atoms with van der Waals surface area (Å²) in [6.45, 7) is 0.647. The van der Waals surface area contributed by atoms with Crippen molar-refractivity contribution >= 4 is 0 Å². The Balaban J connectivity index is 3.35. The van der Waals surface area contributed by atoms with Crippen LogP contribution in [0.15, 0.2) is 12.2 Å². The van der Waals surface area contributed by atoms with Gasteiger partial charge in [-0.3, -0.25) is 0 Å². The van der Waals surface area contributed by atoms with Gasteiger partial charge in [0.1, 0.15) is 0 Å². The molecule has 4 N–H and O–H groups in total. The molecule has 0 heterocycles. The second kappa shape index (κ2) is 5.36. The molecule has 0 spiro atoms. The van der Waals surface area contributed by atoms with Crippen LogP contribution in [0.2, 0.25) is 0 Å². The highest BCUT2D eigenvalue weighted by atomic mass is 14.6. The number of nitrogens with two attached hydrogens (primary N) is 2. The molecular weight excluding hydrogens is 112 g/mol. The predicted octanol–water partition coefficient (Wildman–Crippen LogP) is -0.148. The van der Waals surface area contributed by atoms with E-state index in [9.17, 15) is 0 Å². The first-order valence-electron chi connectivity index (χ1n) is 2.89. The van der Waals surface area contributed by atoms with Crippen LogP contribution in [0.5, 0.6) is 0 Å². The smallest absolute Gasteiger partial charge is 0.0848 e. The molecule has 0 saturated heterocycles. The number of terminal acetylenes is 1. The van der Waals surface area contributed by atoms with Crippen LogP contribution in [0.3, 0.4) is 0 Å². The van der Waals surface area contributed by atoms with Crippen molar-refractivity contribution in [2.45, 2.75) is 12.5 Å². The summed E-state index contributed by atoms with van der Waals surface area (Å²) in [6, 6.07) is -0.253. The van der Waals surface area contributed by atoms with Gasteiger partial charge >= 0.3 is 0 Å². The fourth-order valence-corrected chi connectivity index (χ4v) is 0.395. The van der Waals surface area contributed by atoms with E-state index in [2.05, 4.69) is 5.92 Å². The molecule has 0 aromatic heterocycles. The Morgan fingerprint density at radius 3 is 2.78 bits per heavy atom. The molecule has 0 bridgehead atoms. The number of hydrogen-bond acceptors (Lipinski definition) is 2.